The first-order chi connectivity index (χ1) is 15.5. The first-order valence-corrected chi connectivity index (χ1v) is 10.7. The predicted octanol–water partition coefficient (Wildman–Crippen LogP) is 1.45. The molecule has 164 valence electrons. The van der Waals surface area contributed by atoms with E-state index in [0.29, 0.717) is 35.0 Å². The van der Waals surface area contributed by atoms with Crippen LogP contribution in [0.25, 0.3) is 0 Å². The molecule has 1 aromatic carbocycles. The summed E-state index contributed by atoms with van der Waals surface area (Å²) in [5.74, 6) is -0.600. The molecule has 2 aliphatic heterocycles. The fraction of sp³-hybridized carbons (Fsp3) is 0.364. The second kappa shape index (κ2) is 8.03. The van der Waals surface area contributed by atoms with Gasteiger partial charge in [0, 0.05) is 36.3 Å². The Labute approximate surface area is 183 Å². The minimum absolute atomic E-state index is 0.193. The van der Waals surface area contributed by atoms with Crippen LogP contribution in [0.1, 0.15) is 58.4 Å². The number of imide groups is 1. The van der Waals surface area contributed by atoms with Crippen molar-refractivity contribution in [3.05, 3.63) is 47.2 Å². The molecule has 1 saturated heterocycles. The van der Waals surface area contributed by atoms with E-state index in [1.165, 1.54) is 11.3 Å². The molecule has 2 fully saturated rings. The molecule has 3 heterocycles. The van der Waals surface area contributed by atoms with Gasteiger partial charge in [-0.2, -0.15) is 4.98 Å². The van der Waals surface area contributed by atoms with Crippen LogP contribution < -0.4 is 16.0 Å². The van der Waals surface area contributed by atoms with Crippen molar-refractivity contribution < 1.29 is 19.2 Å². The third-order valence-electron chi connectivity index (χ3n) is 6.12. The van der Waals surface area contributed by atoms with E-state index in [4.69, 9.17) is 0 Å². The molecule has 32 heavy (non-hydrogen) atoms. The summed E-state index contributed by atoms with van der Waals surface area (Å²) >= 11 is 0. The van der Waals surface area contributed by atoms with Crippen molar-refractivity contribution in [3.8, 4) is 0 Å². The Morgan fingerprint density at radius 1 is 1.12 bits per heavy atom. The van der Waals surface area contributed by atoms with Gasteiger partial charge in [-0.05, 0) is 55.5 Å². The highest BCUT2D eigenvalue weighted by atomic mass is 16.2. The SMILES string of the molecule is O=C1CCC(N2Cc3cc(C(=O)Nc4nccc(NC5CCC5)n4)ccc3C2=O)C(=O)N1. The van der Waals surface area contributed by atoms with Crippen LogP contribution in [0.3, 0.4) is 0 Å². The molecular weight excluding hydrogens is 412 g/mol. The molecule has 1 saturated carbocycles. The molecular formula is C22H22N6O4. The van der Waals surface area contributed by atoms with Crippen LogP contribution >= 0.6 is 0 Å². The van der Waals surface area contributed by atoms with E-state index in [0.717, 1.165) is 12.8 Å². The van der Waals surface area contributed by atoms with Crippen molar-refractivity contribution >= 4 is 35.4 Å². The lowest BCUT2D eigenvalue weighted by atomic mass is 9.93. The van der Waals surface area contributed by atoms with E-state index in [2.05, 4.69) is 25.9 Å². The molecule has 10 heteroatoms. The molecule has 1 unspecified atom stereocenters. The van der Waals surface area contributed by atoms with Crippen molar-refractivity contribution in [1.29, 1.82) is 0 Å². The monoisotopic (exact) mass is 434 g/mol. The van der Waals surface area contributed by atoms with Crippen molar-refractivity contribution in [2.75, 3.05) is 10.6 Å². The number of benzene rings is 1. The number of carbonyl (C=O) groups excluding carboxylic acids is 4. The number of fused-ring (bicyclic) bond motifs is 1. The predicted molar refractivity (Wildman–Crippen MR) is 114 cm³/mol. The smallest absolute Gasteiger partial charge is 0.258 e. The van der Waals surface area contributed by atoms with Gasteiger partial charge in [0.25, 0.3) is 11.8 Å². The van der Waals surface area contributed by atoms with Gasteiger partial charge in [-0.25, -0.2) is 4.98 Å². The number of carbonyl (C=O) groups is 4. The van der Waals surface area contributed by atoms with E-state index in [1.807, 2.05) is 0 Å². The summed E-state index contributed by atoms with van der Waals surface area (Å²) < 4.78 is 0. The van der Waals surface area contributed by atoms with Gasteiger partial charge in [-0.3, -0.25) is 29.8 Å². The number of amides is 4. The number of rotatable bonds is 5. The zero-order chi connectivity index (χ0) is 22.2. The number of piperidine rings is 1. The first kappa shape index (κ1) is 20.1. The quantitative estimate of drug-likeness (QED) is 0.607. The van der Waals surface area contributed by atoms with Gasteiger partial charge >= 0.3 is 0 Å². The number of anilines is 2. The molecule has 0 radical (unpaired) electrons. The Hall–Kier alpha value is -3.82. The van der Waals surface area contributed by atoms with Crippen LogP contribution in [-0.4, -0.2) is 50.6 Å². The van der Waals surface area contributed by atoms with Crippen LogP contribution in [0.5, 0.6) is 0 Å². The fourth-order valence-corrected chi connectivity index (χ4v) is 4.15. The van der Waals surface area contributed by atoms with Gasteiger partial charge in [0.2, 0.25) is 17.8 Å². The summed E-state index contributed by atoms with van der Waals surface area (Å²) in [6, 6.07) is 6.28. The average Bonchev–Trinajstić information content (AvgIpc) is 3.07. The van der Waals surface area contributed by atoms with E-state index in [1.54, 1.807) is 30.5 Å². The Bertz CT molecular complexity index is 1130. The molecule has 1 atom stereocenters. The Morgan fingerprint density at radius 2 is 1.97 bits per heavy atom. The molecule has 3 N–H and O–H groups in total. The van der Waals surface area contributed by atoms with Gasteiger partial charge in [-0.1, -0.05) is 0 Å². The van der Waals surface area contributed by atoms with Crippen molar-refractivity contribution in [2.45, 2.75) is 50.7 Å². The largest absolute Gasteiger partial charge is 0.367 e. The second-order valence-corrected chi connectivity index (χ2v) is 8.26. The summed E-state index contributed by atoms with van der Waals surface area (Å²) in [4.78, 5) is 59.0. The third kappa shape index (κ3) is 3.79. The highest BCUT2D eigenvalue weighted by Gasteiger charge is 2.39. The molecule has 3 aliphatic rings. The molecule has 2 aromatic rings. The van der Waals surface area contributed by atoms with Crippen LogP contribution in [-0.2, 0) is 16.1 Å². The number of aromatic nitrogens is 2. The Morgan fingerprint density at radius 3 is 2.72 bits per heavy atom. The molecule has 1 aliphatic carbocycles. The summed E-state index contributed by atoms with van der Waals surface area (Å²) in [6.45, 7) is 0.207. The number of hydrogen-bond donors (Lipinski definition) is 3. The maximum absolute atomic E-state index is 12.8. The third-order valence-corrected chi connectivity index (χ3v) is 6.12. The van der Waals surface area contributed by atoms with E-state index in [-0.39, 0.29) is 36.6 Å². The molecule has 4 amide bonds. The van der Waals surface area contributed by atoms with Gasteiger partial charge in [0.1, 0.15) is 11.9 Å². The summed E-state index contributed by atoms with van der Waals surface area (Å²) in [5, 5.41) is 8.29. The van der Waals surface area contributed by atoms with Crippen LogP contribution in [0, 0.1) is 0 Å². The minimum Gasteiger partial charge on any atom is -0.367 e. The molecule has 1 aromatic heterocycles. The summed E-state index contributed by atoms with van der Waals surface area (Å²) in [5.41, 5.74) is 1.48. The average molecular weight is 434 g/mol. The number of nitrogens with zero attached hydrogens (tertiary/aromatic N) is 3. The van der Waals surface area contributed by atoms with E-state index < -0.39 is 11.9 Å². The highest BCUT2D eigenvalue weighted by molar-refractivity contribution is 6.07. The molecule has 5 rings (SSSR count). The lowest BCUT2D eigenvalue weighted by Crippen LogP contribution is -2.52. The fourth-order valence-electron chi connectivity index (χ4n) is 4.15. The van der Waals surface area contributed by atoms with Crippen LogP contribution in [0.4, 0.5) is 11.8 Å². The normalized spacial score (nSPS) is 20.4. The van der Waals surface area contributed by atoms with E-state index in [9.17, 15) is 19.2 Å². The van der Waals surface area contributed by atoms with Gasteiger partial charge in [0.15, 0.2) is 0 Å². The molecule has 0 spiro atoms. The Balaban J connectivity index is 1.28. The van der Waals surface area contributed by atoms with Crippen LogP contribution in [0.15, 0.2) is 30.5 Å². The highest BCUT2D eigenvalue weighted by Crippen LogP contribution is 2.28. The number of hydrogen-bond acceptors (Lipinski definition) is 7. The summed E-state index contributed by atoms with van der Waals surface area (Å²) in [7, 11) is 0. The van der Waals surface area contributed by atoms with Gasteiger partial charge in [-0.15, -0.1) is 0 Å². The lowest BCUT2D eigenvalue weighted by Gasteiger charge is -2.29. The second-order valence-electron chi connectivity index (χ2n) is 8.26. The zero-order valence-corrected chi connectivity index (χ0v) is 17.3. The first-order valence-electron chi connectivity index (χ1n) is 10.7. The maximum atomic E-state index is 12.8. The summed E-state index contributed by atoms with van der Waals surface area (Å²) in [6.07, 6.45) is 5.49. The van der Waals surface area contributed by atoms with Crippen molar-refractivity contribution in [2.24, 2.45) is 0 Å². The minimum atomic E-state index is -0.691. The van der Waals surface area contributed by atoms with Crippen molar-refractivity contribution in [1.82, 2.24) is 20.2 Å². The zero-order valence-electron chi connectivity index (χ0n) is 17.3. The Kier molecular flexibility index (Phi) is 5.04. The molecule has 0 bridgehead atoms. The van der Waals surface area contributed by atoms with Gasteiger partial charge in [0.05, 0.1) is 0 Å². The standard InChI is InChI=1S/C22H22N6O4/c29-18-7-6-16(20(31)26-18)28-11-13-10-12(4-5-15(13)21(28)32)19(30)27-22-23-9-8-17(25-22)24-14-2-1-3-14/h4-5,8-10,14,16H,1-3,6-7,11H2,(H,26,29,31)(H2,23,24,25,27,30). The lowest BCUT2D eigenvalue weighted by molar-refractivity contribution is -0.136. The van der Waals surface area contributed by atoms with Gasteiger partial charge < -0.3 is 10.2 Å². The molecule has 10 nitrogen and oxygen atoms in total. The van der Waals surface area contributed by atoms with Crippen LogP contribution in [0.2, 0.25) is 0 Å². The van der Waals surface area contributed by atoms with Crippen molar-refractivity contribution in [3.63, 3.8) is 0 Å². The topological polar surface area (TPSA) is 133 Å². The number of nitrogens with one attached hydrogen (secondary N) is 3. The van der Waals surface area contributed by atoms with E-state index >= 15 is 0 Å². The maximum Gasteiger partial charge on any atom is 0.258 e.